The Bertz CT molecular complexity index is 287. The van der Waals surface area contributed by atoms with E-state index in [0.29, 0.717) is 25.9 Å². The van der Waals surface area contributed by atoms with Gasteiger partial charge in [0.1, 0.15) is 6.04 Å². The second-order valence-electron chi connectivity index (χ2n) is 4.33. The van der Waals surface area contributed by atoms with Crippen LogP contribution in [0, 0.1) is 0 Å². The van der Waals surface area contributed by atoms with Crippen LogP contribution in [-0.4, -0.2) is 41.4 Å². The second-order valence-corrected chi connectivity index (χ2v) is 4.33. The van der Waals surface area contributed by atoms with Gasteiger partial charge in [-0.05, 0) is 19.8 Å². The van der Waals surface area contributed by atoms with Crippen LogP contribution in [0.25, 0.3) is 0 Å². The summed E-state index contributed by atoms with van der Waals surface area (Å²) in [5, 5.41) is 2.73. The van der Waals surface area contributed by atoms with E-state index in [1.54, 1.807) is 11.8 Å². The van der Waals surface area contributed by atoms with Crippen molar-refractivity contribution in [3.63, 3.8) is 0 Å². The molecule has 1 aliphatic rings. The van der Waals surface area contributed by atoms with Gasteiger partial charge in [-0.15, -0.1) is 0 Å². The van der Waals surface area contributed by atoms with Gasteiger partial charge in [-0.2, -0.15) is 0 Å². The molecule has 1 aliphatic heterocycles. The molecule has 1 atom stereocenters. The zero-order chi connectivity index (χ0) is 12.3. The molecule has 1 fully saturated rings. The average molecular weight is 227 g/mol. The molecule has 16 heavy (non-hydrogen) atoms. The van der Waals surface area contributed by atoms with Gasteiger partial charge in [0.25, 0.3) is 0 Å². The standard InChI is InChI=1S/C11H21N3O2/c1-4-11(12,5-2)10(16)14-7-6-13-9(15)8(14)3/h8H,4-7,12H2,1-3H3,(H,13,15). The lowest BCUT2D eigenvalue weighted by Crippen LogP contribution is -2.63. The van der Waals surface area contributed by atoms with Gasteiger partial charge >= 0.3 is 0 Å². The molecule has 0 saturated carbocycles. The molecule has 3 N–H and O–H groups in total. The summed E-state index contributed by atoms with van der Waals surface area (Å²) in [5.74, 6) is -0.214. The Morgan fingerprint density at radius 1 is 1.56 bits per heavy atom. The van der Waals surface area contributed by atoms with Crippen molar-refractivity contribution in [2.75, 3.05) is 13.1 Å². The molecule has 0 aromatic rings. The molecule has 0 aliphatic carbocycles. The van der Waals surface area contributed by atoms with E-state index in [9.17, 15) is 9.59 Å². The molecule has 1 saturated heterocycles. The Morgan fingerprint density at radius 2 is 2.12 bits per heavy atom. The molecule has 0 radical (unpaired) electrons. The van der Waals surface area contributed by atoms with E-state index in [1.165, 1.54) is 0 Å². The molecule has 5 heteroatoms. The van der Waals surface area contributed by atoms with Crippen LogP contribution < -0.4 is 11.1 Å². The summed E-state index contributed by atoms with van der Waals surface area (Å²) in [6.07, 6.45) is 1.18. The van der Waals surface area contributed by atoms with E-state index < -0.39 is 11.6 Å². The Balaban J connectivity index is 2.83. The quantitative estimate of drug-likeness (QED) is 0.704. The Kier molecular flexibility index (Phi) is 3.91. The number of carbonyl (C=O) groups is 2. The van der Waals surface area contributed by atoms with Gasteiger partial charge in [-0.25, -0.2) is 0 Å². The Morgan fingerprint density at radius 3 is 2.62 bits per heavy atom. The molecule has 0 bridgehead atoms. The number of nitrogens with one attached hydrogen (secondary N) is 1. The fourth-order valence-corrected chi connectivity index (χ4v) is 1.90. The molecule has 92 valence electrons. The number of amides is 2. The molecule has 1 unspecified atom stereocenters. The first-order chi connectivity index (χ1) is 7.46. The SMILES string of the molecule is CCC(N)(CC)C(=O)N1CCNC(=O)C1C. The van der Waals surface area contributed by atoms with Crippen molar-refractivity contribution in [3.05, 3.63) is 0 Å². The molecule has 0 spiro atoms. The van der Waals surface area contributed by atoms with Crippen LogP contribution >= 0.6 is 0 Å². The molecule has 1 heterocycles. The number of hydrogen-bond acceptors (Lipinski definition) is 3. The molecule has 5 nitrogen and oxygen atoms in total. The van der Waals surface area contributed by atoms with Crippen LogP contribution in [0.15, 0.2) is 0 Å². The van der Waals surface area contributed by atoms with E-state index in [2.05, 4.69) is 5.32 Å². The fourth-order valence-electron chi connectivity index (χ4n) is 1.90. The number of nitrogens with two attached hydrogens (primary N) is 1. The van der Waals surface area contributed by atoms with Crippen LogP contribution in [0.4, 0.5) is 0 Å². The first-order valence-corrected chi connectivity index (χ1v) is 5.84. The topological polar surface area (TPSA) is 75.4 Å². The van der Waals surface area contributed by atoms with Crippen molar-refractivity contribution in [1.82, 2.24) is 10.2 Å². The van der Waals surface area contributed by atoms with E-state index >= 15 is 0 Å². The van der Waals surface area contributed by atoms with Crippen molar-refractivity contribution >= 4 is 11.8 Å². The predicted octanol–water partition coefficient (Wildman–Crippen LogP) is -0.149. The van der Waals surface area contributed by atoms with Crippen molar-refractivity contribution in [3.8, 4) is 0 Å². The molecule has 2 amide bonds. The highest BCUT2D eigenvalue weighted by Gasteiger charge is 2.39. The number of piperazine rings is 1. The Labute approximate surface area is 96.4 Å². The summed E-state index contributed by atoms with van der Waals surface area (Å²) in [5.41, 5.74) is 5.23. The van der Waals surface area contributed by atoms with Crippen molar-refractivity contribution in [2.45, 2.75) is 45.2 Å². The third-order valence-electron chi connectivity index (χ3n) is 3.45. The van der Waals surface area contributed by atoms with Crippen molar-refractivity contribution < 1.29 is 9.59 Å². The summed E-state index contributed by atoms with van der Waals surface area (Å²) >= 11 is 0. The van der Waals surface area contributed by atoms with Crippen LogP contribution in [0.1, 0.15) is 33.6 Å². The zero-order valence-electron chi connectivity index (χ0n) is 10.2. The normalized spacial score (nSPS) is 21.9. The minimum Gasteiger partial charge on any atom is -0.353 e. The lowest BCUT2D eigenvalue weighted by molar-refractivity contribution is -0.146. The highest BCUT2D eigenvalue weighted by molar-refractivity contribution is 5.92. The minimum absolute atomic E-state index is 0.103. The van der Waals surface area contributed by atoms with E-state index in [1.807, 2.05) is 13.8 Å². The predicted molar refractivity (Wildman–Crippen MR) is 61.7 cm³/mol. The summed E-state index contributed by atoms with van der Waals surface area (Å²) in [7, 11) is 0. The van der Waals surface area contributed by atoms with Gasteiger partial charge in [-0.1, -0.05) is 13.8 Å². The summed E-state index contributed by atoms with van der Waals surface area (Å²) in [6.45, 7) is 6.59. The monoisotopic (exact) mass is 227 g/mol. The summed E-state index contributed by atoms with van der Waals surface area (Å²) in [4.78, 5) is 25.3. The number of carbonyl (C=O) groups excluding carboxylic acids is 2. The minimum atomic E-state index is -0.827. The van der Waals surface area contributed by atoms with Gasteiger partial charge in [0.05, 0.1) is 5.54 Å². The van der Waals surface area contributed by atoms with Crippen LogP contribution in [-0.2, 0) is 9.59 Å². The van der Waals surface area contributed by atoms with Gasteiger partial charge < -0.3 is 16.0 Å². The van der Waals surface area contributed by atoms with E-state index in [-0.39, 0.29) is 11.8 Å². The average Bonchev–Trinajstić information content (AvgIpc) is 2.31. The lowest BCUT2D eigenvalue weighted by Gasteiger charge is -2.38. The van der Waals surface area contributed by atoms with Gasteiger partial charge in [0, 0.05) is 13.1 Å². The van der Waals surface area contributed by atoms with Gasteiger partial charge in [0.2, 0.25) is 11.8 Å². The highest BCUT2D eigenvalue weighted by atomic mass is 16.2. The third-order valence-corrected chi connectivity index (χ3v) is 3.45. The molecule has 0 aromatic heterocycles. The first kappa shape index (κ1) is 13.0. The number of hydrogen-bond donors (Lipinski definition) is 2. The molecule has 0 aromatic carbocycles. The lowest BCUT2D eigenvalue weighted by atomic mass is 9.91. The van der Waals surface area contributed by atoms with Crippen molar-refractivity contribution in [2.24, 2.45) is 5.73 Å². The van der Waals surface area contributed by atoms with Crippen LogP contribution in [0.2, 0.25) is 0 Å². The number of rotatable bonds is 3. The number of nitrogens with zero attached hydrogens (tertiary/aromatic N) is 1. The van der Waals surface area contributed by atoms with Crippen molar-refractivity contribution in [1.29, 1.82) is 0 Å². The highest BCUT2D eigenvalue weighted by Crippen LogP contribution is 2.18. The molecular weight excluding hydrogens is 206 g/mol. The maximum atomic E-state index is 12.3. The Hall–Kier alpha value is -1.10. The van der Waals surface area contributed by atoms with Crippen LogP contribution in [0.3, 0.4) is 0 Å². The second kappa shape index (κ2) is 4.82. The smallest absolute Gasteiger partial charge is 0.243 e. The van der Waals surface area contributed by atoms with Crippen LogP contribution in [0.5, 0.6) is 0 Å². The zero-order valence-corrected chi connectivity index (χ0v) is 10.2. The summed E-state index contributed by atoms with van der Waals surface area (Å²) < 4.78 is 0. The van der Waals surface area contributed by atoms with E-state index in [4.69, 9.17) is 5.73 Å². The first-order valence-electron chi connectivity index (χ1n) is 5.84. The van der Waals surface area contributed by atoms with Gasteiger partial charge in [0.15, 0.2) is 0 Å². The maximum Gasteiger partial charge on any atom is 0.243 e. The third kappa shape index (κ3) is 2.19. The van der Waals surface area contributed by atoms with E-state index in [0.717, 1.165) is 0 Å². The maximum absolute atomic E-state index is 12.3. The fraction of sp³-hybridized carbons (Fsp3) is 0.818. The largest absolute Gasteiger partial charge is 0.353 e. The van der Waals surface area contributed by atoms with Gasteiger partial charge in [-0.3, -0.25) is 9.59 Å². The molecule has 1 rings (SSSR count). The molecular formula is C11H21N3O2. The summed E-state index contributed by atoms with van der Waals surface area (Å²) in [6, 6.07) is -0.415.